The van der Waals surface area contributed by atoms with E-state index in [9.17, 15) is 4.79 Å². The third kappa shape index (κ3) is 2.97. The molecular weight excluding hydrogens is 282 g/mol. The molecule has 0 bridgehead atoms. The molecule has 1 saturated heterocycles. The van der Waals surface area contributed by atoms with Crippen molar-refractivity contribution < 1.29 is 9.53 Å². The quantitative estimate of drug-likeness (QED) is 0.837. The number of rotatable bonds is 2. The topological polar surface area (TPSA) is 29.5 Å². The average Bonchev–Trinajstić information content (AvgIpc) is 2.93. The van der Waals surface area contributed by atoms with Gasteiger partial charge in [0.2, 0.25) is 5.91 Å². The van der Waals surface area contributed by atoms with Crippen molar-refractivity contribution in [3.63, 3.8) is 0 Å². The molecule has 3 rings (SSSR count). The number of fused-ring (bicyclic) bond motifs is 1. The van der Waals surface area contributed by atoms with E-state index in [1.54, 1.807) is 6.92 Å². The molecule has 1 amide bonds. The number of benzene rings is 1. The fourth-order valence-electron chi connectivity index (χ4n) is 3.28. The summed E-state index contributed by atoms with van der Waals surface area (Å²) in [4.78, 5) is 15.2. The number of amides is 1. The van der Waals surface area contributed by atoms with Crippen LogP contribution in [0.15, 0.2) is 23.1 Å². The maximum Gasteiger partial charge on any atom is 0.224 e. The lowest BCUT2D eigenvalue weighted by atomic mass is 9.88. The molecule has 0 N–H and O–H groups in total. The number of anilines is 1. The van der Waals surface area contributed by atoms with E-state index in [0.29, 0.717) is 11.2 Å². The molecule has 0 saturated carbocycles. The Balaban J connectivity index is 1.87. The Kier molecular flexibility index (Phi) is 4.27. The lowest BCUT2D eigenvalue weighted by molar-refractivity contribution is -0.117. The molecule has 0 aliphatic carbocycles. The molecule has 3 nitrogen and oxygen atoms in total. The van der Waals surface area contributed by atoms with Crippen LogP contribution in [0.25, 0.3) is 0 Å². The molecular formula is C17H23NO2S. The van der Waals surface area contributed by atoms with Crippen molar-refractivity contribution in [3.8, 4) is 0 Å². The molecule has 4 heteroatoms. The van der Waals surface area contributed by atoms with Gasteiger partial charge in [-0.25, -0.2) is 0 Å². The van der Waals surface area contributed by atoms with Crippen molar-refractivity contribution >= 4 is 23.4 Å². The third-order valence-electron chi connectivity index (χ3n) is 4.61. The summed E-state index contributed by atoms with van der Waals surface area (Å²) in [5.74, 6) is 0.636. The molecule has 0 radical (unpaired) electrons. The molecule has 2 aliphatic rings. The van der Waals surface area contributed by atoms with Crippen LogP contribution in [-0.4, -0.2) is 30.4 Å². The molecule has 2 heterocycles. The predicted molar refractivity (Wildman–Crippen MR) is 87.0 cm³/mol. The van der Waals surface area contributed by atoms with Crippen molar-refractivity contribution in [2.45, 2.75) is 49.8 Å². The zero-order valence-corrected chi connectivity index (χ0v) is 13.8. The first-order valence-electron chi connectivity index (χ1n) is 7.73. The molecule has 114 valence electrons. The van der Waals surface area contributed by atoms with E-state index in [0.717, 1.165) is 31.7 Å². The highest BCUT2D eigenvalue weighted by Crippen LogP contribution is 2.38. The van der Waals surface area contributed by atoms with E-state index in [4.69, 9.17) is 4.74 Å². The van der Waals surface area contributed by atoms with Crippen LogP contribution in [0.2, 0.25) is 0 Å². The zero-order chi connectivity index (χ0) is 15.0. The van der Waals surface area contributed by atoms with Gasteiger partial charge in [0.1, 0.15) is 0 Å². The van der Waals surface area contributed by atoms with E-state index < -0.39 is 0 Å². The number of nitrogens with zero attached hydrogens (tertiary/aromatic N) is 1. The zero-order valence-electron chi connectivity index (χ0n) is 13.0. The Labute approximate surface area is 131 Å². The first kappa shape index (κ1) is 14.9. The van der Waals surface area contributed by atoms with Gasteiger partial charge in [0.15, 0.2) is 0 Å². The van der Waals surface area contributed by atoms with Crippen molar-refractivity contribution in [3.05, 3.63) is 23.8 Å². The molecule has 1 fully saturated rings. The Bertz CT molecular complexity index is 540. The minimum atomic E-state index is 0.139. The standard InChI is InChI=1S/C17H23NO2S/c1-11-8-14-9-15(21-16-6-7-20-10-16)4-5-17(14)18(12(11)2)13(3)19/h4-5,9,11-12,16H,6-8,10H2,1-3H3/t11?,12-,16?/m0/s1. The van der Waals surface area contributed by atoms with Gasteiger partial charge in [0, 0.05) is 35.4 Å². The molecule has 2 aliphatic heterocycles. The van der Waals surface area contributed by atoms with Crippen molar-refractivity contribution in [2.24, 2.45) is 5.92 Å². The maximum atomic E-state index is 12.0. The fraction of sp³-hybridized carbons (Fsp3) is 0.588. The molecule has 1 aromatic carbocycles. The minimum absolute atomic E-state index is 0.139. The van der Waals surface area contributed by atoms with Crippen LogP contribution in [0.4, 0.5) is 5.69 Å². The smallest absolute Gasteiger partial charge is 0.224 e. The Morgan fingerprint density at radius 1 is 1.38 bits per heavy atom. The molecule has 1 aromatic rings. The number of thioether (sulfide) groups is 1. The summed E-state index contributed by atoms with van der Waals surface area (Å²) in [6.07, 6.45) is 2.19. The second-order valence-corrected chi connectivity index (χ2v) is 7.58. The van der Waals surface area contributed by atoms with Gasteiger partial charge in [-0.1, -0.05) is 6.92 Å². The minimum Gasteiger partial charge on any atom is -0.380 e. The van der Waals surface area contributed by atoms with Crippen molar-refractivity contribution in [1.29, 1.82) is 0 Å². The lowest BCUT2D eigenvalue weighted by Gasteiger charge is -2.39. The van der Waals surface area contributed by atoms with E-state index in [1.165, 1.54) is 10.5 Å². The van der Waals surface area contributed by atoms with E-state index in [1.807, 2.05) is 16.7 Å². The summed E-state index contributed by atoms with van der Waals surface area (Å²) in [6.45, 7) is 7.78. The molecule has 21 heavy (non-hydrogen) atoms. The van der Waals surface area contributed by atoms with E-state index >= 15 is 0 Å². The van der Waals surface area contributed by atoms with Crippen LogP contribution in [0.5, 0.6) is 0 Å². The van der Waals surface area contributed by atoms with Gasteiger partial charge in [-0.05, 0) is 49.4 Å². The van der Waals surface area contributed by atoms with Crippen LogP contribution < -0.4 is 4.90 Å². The van der Waals surface area contributed by atoms with Gasteiger partial charge in [-0.3, -0.25) is 4.79 Å². The summed E-state index contributed by atoms with van der Waals surface area (Å²) in [5.41, 5.74) is 2.40. The average molecular weight is 305 g/mol. The van der Waals surface area contributed by atoms with Crippen LogP contribution in [0, 0.1) is 5.92 Å². The number of ether oxygens (including phenoxy) is 1. The number of carbonyl (C=O) groups is 1. The summed E-state index contributed by atoms with van der Waals surface area (Å²) >= 11 is 1.91. The highest BCUT2D eigenvalue weighted by Gasteiger charge is 2.31. The van der Waals surface area contributed by atoms with Gasteiger partial charge >= 0.3 is 0 Å². The maximum absolute atomic E-state index is 12.0. The first-order valence-corrected chi connectivity index (χ1v) is 8.61. The molecule has 3 atom stereocenters. The molecule has 2 unspecified atom stereocenters. The number of hydrogen-bond acceptors (Lipinski definition) is 3. The van der Waals surface area contributed by atoms with Gasteiger partial charge in [0.25, 0.3) is 0 Å². The molecule has 0 spiro atoms. The first-order chi connectivity index (χ1) is 10.1. The SMILES string of the molecule is CC(=O)N1c2ccc(SC3CCOC3)cc2CC(C)[C@@H]1C. The Morgan fingerprint density at radius 3 is 2.86 bits per heavy atom. The largest absolute Gasteiger partial charge is 0.380 e. The van der Waals surface area contributed by atoms with Crippen molar-refractivity contribution in [2.75, 3.05) is 18.1 Å². The fourth-order valence-corrected chi connectivity index (χ4v) is 4.40. The van der Waals surface area contributed by atoms with Gasteiger partial charge in [0.05, 0.1) is 6.61 Å². The summed E-state index contributed by atoms with van der Waals surface area (Å²) < 4.78 is 5.45. The highest BCUT2D eigenvalue weighted by atomic mass is 32.2. The Hall–Kier alpha value is -1.00. The van der Waals surface area contributed by atoms with Crippen molar-refractivity contribution in [1.82, 2.24) is 0 Å². The summed E-state index contributed by atoms with van der Waals surface area (Å²) in [5, 5.41) is 0.576. The highest BCUT2D eigenvalue weighted by molar-refractivity contribution is 8.00. The van der Waals surface area contributed by atoms with E-state index in [-0.39, 0.29) is 11.9 Å². The van der Waals surface area contributed by atoms with Gasteiger partial charge in [-0.15, -0.1) is 11.8 Å². The van der Waals surface area contributed by atoms with Gasteiger partial charge in [-0.2, -0.15) is 0 Å². The molecule has 0 aromatic heterocycles. The monoisotopic (exact) mass is 305 g/mol. The van der Waals surface area contributed by atoms with E-state index in [2.05, 4.69) is 32.0 Å². The van der Waals surface area contributed by atoms with Crippen LogP contribution >= 0.6 is 11.8 Å². The predicted octanol–water partition coefficient (Wildman–Crippen LogP) is 3.50. The van der Waals surface area contributed by atoms with Crippen LogP contribution in [-0.2, 0) is 16.0 Å². The summed E-state index contributed by atoms with van der Waals surface area (Å²) in [7, 11) is 0. The van der Waals surface area contributed by atoms with Gasteiger partial charge < -0.3 is 9.64 Å². The third-order valence-corrected chi connectivity index (χ3v) is 5.84. The Morgan fingerprint density at radius 2 is 2.19 bits per heavy atom. The number of carbonyl (C=O) groups excluding carboxylic acids is 1. The number of hydrogen-bond donors (Lipinski definition) is 0. The normalized spacial score (nSPS) is 28.5. The second kappa shape index (κ2) is 6.01. The van der Waals surface area contributed by atoms with Crippen LogP contribution in [0.1, 0.15) is 32.8 Å². The van der Waals surface area contributed by atoms with Crippen LogP contribution in [0.3, 0.4) is 0 Å². The lowest BCUT2D eigenvalue weighted by Crippen LogP contribution is -2.45. The second-order valence-electron chi connectivity index (χ2n) is 6.21. The summed E-state index contributed by atoms with van der Waals surface area (Å²) in [6, 6.07) is 6.82.